The molecule has 1 aromatic heterocycles. The monoisotopic (exact) mass is 339 g/mol. The van der Waals surface area contributed by atoms with Crippen LogP contribution in [-0.4, -0.2) is 35.1 Å². The first-order valence-corrected chi connectivity index (χ1v) is 7.92. The van der Waals surface area contributed by atoms with E-state index in [9.17, 15) is 14.9 Å². The first-order chi connectivity index (χ1) is 12.1. The van der Waals surface area contributed by atoms with Crippen LogP contribution in [0.25, 0.3) is 0 Å². The Kier molecular flexibility index (Phi) is 4.98. The zero-order valence-corrected chi connectivity index (χ0v) is 13.5. The van der Waals surface area contributed by atoms with Gasteiger partial charge in [-0.1, -0.05) is 6.07 Å². The standard InChI is InChI=1S/C17H17N5O3/c23-17(14-5-7-18-8-6-14)20-19-12-13-3-4-15(16(11-13)22(24)25)21-9-1-2-10-21/h3-8,11-12H,1-2,9-10H2,(H,20,23)/b19-12+. The van der Waals surface area contributed by atoms with Crippen molar-refractivity contribution in [1.82, 2.24) is 10.4 Å². The van der Waals surface area contributed by atoms with Crippen LogP contribution in [0, 0.1) is 10.1 Å². The number of carbonyl (C=O) groups is 1. The molecule has 0 radical (unpaired) electrons. The molecule has 1 aliphatic heterocycles. The molecule has 1 amide bonds. The number of pyridine rings is 1. The van der Waals surface area contributed by atoms with Gasteiger partial charge in [-0.15, -0.1) is 0 Å². The van der Waals surface area contributed by atoms with E-state index >= 15 is 0 Å². The predicted molar refractivity (Wildman–Crippen MR) is 93.8 cm³/mol. The Balaban J connectivity index is 1.73. The van der Waals surface area contributed by atoms with Gasteiger partial charge in [0.15, 0.2) is 0 Å². The fraction of sp³-hybridized carbons (Fsp3) is 0.235. The smallest absolute Gasteiger partial charge is 0.293 e. The number of nitro groups is 1. The van der Waals surface area contributed by atoms with Gasteiger partial charge in [-0.25, -0.2) is 5.43 Å². The molecule has 2 heterocycles. The molecule has 0 saturated carbocycles. The number of rotatable bonds is 5. The van der Waals surface area contributed by atoms with Crippen molar-refractivity contribution in [3.63, 3.8) is 0 Å². The molecule has 3 rings (SSSR count). The average molecular weight is 339 g/mol. The molecular formula is C17H17N5O3. The van der Waals surface area contributed by atoms with Crippen molar-refractivity contribution in [3.8, 4) is 0 Å². The van der Waals surface area contributed by atoms with Crippen LogP contribution < -0.4 is 10.3 Å². The van der Waals surface area contributed by atoms with Gasteiger partial charge in [0.1, 0.15) is 5.69 Å². The van der Waals surface area contributed by atoms with Crippen LogP contribution in [-0.2, 0) is 0 Å². The van der Waals surface area contributed by atoms with Crippen molar-refractivity contribution in [2.45, 2.75) is 12.8 Å². The summed E-state index contributed by atoms with van der Waals surface area (Å²) in [6.45, 7) is 1.66. The van der Waals surface area contributed by atoms with Crippen molar-refractivity contribution in [2.24, 2.45) is 5.10 Å². The third kappa shape index (κ3) is 3.97. The van der Waals surface area contributed by atoms with E-state index in [1.807, 2.05) is 4.90 Å². The molecule has 1 saturated heterocycles. The molecule has 0 aliphatic carbocycles. The second-order valence-corrected chi connectivity index (χ2v) is 5.63. The van der Waals surface area contributed by atoms with Crippen LogP contribution in [0.2, 0.25) is 0 Å². The van der Waals surface area contributed by atoms with E-state index in [1.54, 1.807) is 24.3 Å². The first-order valence-electron chi connectivity index (χ1n) is 7.92. The second-order valence-electron chi connectivity index (χ2n) is 5.63. The number of hydrogen-bond donors (Lipinski definition) is 1. The van der Waals surface area contributed by atoms with Crippen molar-refractivity contribution in [3.05, 3.63) is 64.0 Å². The van der Waals surface area contributed by atoms with Gasteiger partial charge in [-0.05, 0) is 31.0 Å². The fourth-order valence-electron chi connectivity index (χ4n) is 2.73. The molecule has 25 heavy (non-hydrogen) atoms. The quantitative estimate of drug-likeness (QED) is 0.512. The topological polar surface area (TPSA) is 101 Å². The Hall–Kier alpha value is -3.29. The highest BCUT2D eigenvalue weighted by atomic mass is 16.6. The highest BCUT2D eigenvalue weighted by Crippen LogP contribution is 2.31. The molecule has 0 spiro atoms. The van der Waals surface area contributed by atoms with Gasteiger partial charge in [0.25, 0.3) is 11.6 Å². The van der Waals surface area contributed by atoms with E-state index in [0.29, 0.717) is 16.8 Å². The van der Waals surface area contributed by atoms with E-state index in [1.165, 1.54) is 24.7 Å². The lowest BCUT2D eigenvalue weighted by molar-refractivity contribution is -0.384. The number of aromatic nitrogens is 1. The van der Waals surface area contributed by atoms with E-state index in [2.05, 4.69) is 15.5 Å². The summed E-state index contributed by atoms with van der Waals surface area (Å²) in [6.07, 6.45) is 6.50. The third-order valence-electron chi connectivity index (χ3n) is 3.97. The van der Waals surface area contributed by atoms with Gasteiger partial charge in [0.2, 0.25) is 0 Å². The summed E-state index contributed by atoms with van der Waals surface area (Å²) in [5.74, 6) is -0.373. The van der Waals surface area contributed by atoms with Crippen LogP contribution in [0.4, 0.5) is 11.4 Å². The SMILES string of the molecule is O=C(N/N=C/c1ccc(N2CCCC2)c([N+](=O)[O-])c1)c1ccncc1. The summed E-state index contributed by atoms with van der Waals surface area (Å²) in [4.78, 5) is 28.7. The molecule has 1 aliphatic rings. The summed E-state index contributed by atoms with van der Waals surface area (Å²) in [5.41, 5.74) is 4.04. The Morgan fingerprint density at radius 2 is 1.96 bits per heavy atom. The Morgan fingerprint density at radius 3 is 2.64 bits per heavy atom. The molecule has 128 valence electrons. The minimum Gasteiger partial charge on any atom is -0.366 e. The van der Waals surface area contributed by atoms with Crippen LogP contribution in [0.5, 0.6) is 0 Å². The van der Waals surface area contributed by atoms with Gasteiger partial charge in [0, 0.05) is 42.7 Å². The molecule has 0 atom stereocenters. The number of amides is 1. The summed E-state index contributed by atoms with van der Waals surface area (Å²) in [6, 6.07) is 8.09. The lowest BCUT2D eigenvalue weighted by Crippen LogP contribution is -2.19. The molecule has 0 bridgehead atoms. The summed E-state index contributed by atoms with van der Waals surface area (Å²) in [7, 11) is 0. The fourth-order valence-corrected chi connectivity index (χ4v) is 2.73. The number of nitrogens with one attached hydrogen (secondary N) is 1. The maximum absolute atomic E-state index is 11.9. The Labute approximate surface area is 144 Å². The zero-order chi connectivity index (χ0) is 17.6. The molecule has 8 heteroatoms. The van der Waals surface area contributed by atoms with Crippen LogP contribution >= 0.6 is 0 Å². The summed E-state index contributed by atoms with van der Waals surface area (Å²) in [5, 5.41) is 15.2. The van der Waals surface area contributed by atoms with Crippen LogP contribution in [0.1, 0.15) is 28.8 Å². The van der Waals surface area contributed by atoms with Crippen molar-refractivity contribution >= 4 is 23.5 Å². The van der Waals surface area contributed by atoms with E-state index in [0.717, 1.165) is 25.9 Å². The number of hydrogen-bond acceptors (Lipinski definition) is 6. The van der Waals surface area contributed by atoms with Crippen LogP contribution in [0.3, 0.4) is 0 Å². The molecule has 2 aromatic rings. The third-order valence-corrected chi connectivity index (χ3v) is 3.97. The predicted octanol–water partition coefficient (Wildman–Crippen LogP) is 2.35. The molecule has 0 unspecified atom stereocenters. The first kappa shape index (κ1) is 16.6. The normalized spacial score (nSPS) is 14.0. The summed E-state index contributed by atoms with van der Waals surface area (Å²) >= 11 is 0. The van der Waals surface area contributed by atoms with Gasteiger partial charge in [-0.2, -0.15) is 5.10 Å². The van der Waals surface area contributed by atoms with Crippen LogP contribution in [0.15, 0.2) is 47.8 Å². The van der Waals surface area contributed by atoms with Gasteiger partial charge >= 0.3 is 0 Å². The summed E-state index contributed by atoms with van der Waals surface area (Å²) < 4.78 is 0. The van der Waals surface area contributed by atoms with Gasteiger partial charge in [-0.3, -0.25) is 19.9 Å². The highest BCUT2D eigenvalue weighted by molar-refractivity contribution is 5.94. The highest BCUT2D eigenvalue weighted by Gasteiger charge is 2.22. The molecule has 1 fully saturated rings. The van der Waals surface area contributed by atoms with E-state index in [-0.39, 0.29) is 16.5 Å². The van der Waals surface area contributed by atoms with Gasteiger partial charge in [0.05, 0.1) is 11.1 Å². The van der Waals surface area contributed by atoms with Gasteiger partial charge < -0.3 is 4.90 Å². The van der Waals surface area contributed by atoms with Crippen molar-refractivity contribution in [1.29, 1.82) is 0 Å². The van der Waals surface area contributed by atoms with E-state index < -0.39 is 0 Å². The second kappa shape index (κ2) is 7.52. The largest absolute Gasteiger partial charge is 0.366 e. The zero-order valence-electron chi connectivity index (χ0n) is 13.5. The number of nitro benzene ring substituents is 1. The van der Waals surface area contributed by atoms with Crippen molar-refractivity contribution < 1.29 is 9.72 Å². The Bertz CT molecular complexity index is 801. The number of nitrogens with zero attached hydrogens (tertiary/aromatic N) is 4. The number of carbonyl (C=O) groups excluding carboxylic acids is 1. The maximum Gasteiger partial charge on any atom is 0.293 e. The number of benzene rings is 1. The van der Waals surface area contributed by atoms with Crippen molar-refractivity contribution in [2.75, 3.05) is 18.0 Å². The number of anilines is 1. The molecule has 1 N–H and O–H groups in total. The maximum atomic E-state index is 11.9. The number of hydrazone groups is 1. The molecule has 8 nitrogen and oxygen atoms in total. The Morgan fingerprint density at radius 1 is 1.24 bits per heavy atom. The minimum atomic E-state index is -0.388. The molecule has 1 aromatic carbocycles. The lowest BCUT2D eigenvalue weighted by Gasteiger charge is -2.17. The van der Waals surface area contributed by atoms with E-state index in [4.69, 9.17) is 0 Å². The minimum absolute atomic E-state index is 0.0475. The lowest BCUT2D eigenvalue weighted by atomic mass is 10.1. The average Bonchev–Trinajstić information content (AvgIpc) is 3.16. The molecular weight excluding hydrogens is 322 g/mol.